The molecule has 1 aromatic carbocycles. The molecule has 0 radical (unpaired) electrons. The van der Waals surface area contributed by atoms with Gasteiger partial charge in [0.1, 0.15) is 5.75 Å². The number of ether oxygens (including phenoxy) is 2. The molecule has 4 rings (SSSR count). The number of anilines is 1. The van der Waals surface area contributed by atoms with E-state index in [1.54, 1.807) is 13.3 Å². The molecule has 0 atom stereocenters. The average molecular weight is 538 g/mol. The Morgan fingerprint density at radius 3 is 2.45 bits per heavy atom. The molecule has 12 heteroatoms. The summed E-state index contributed by atoms with van der Waals surface area (Å²) in [6.45, 7) is 4.10. The molecule has 0 bridgehead atoms. The van der Waals surface area contributed by atoms with Crippen molar-refractivity contribution < 1.29 is 42.1 Å². The van der Waals surface area contributed by atoms with Crippen molar-refractivity contribution in [2.24, 2.45) is 0 Å². The van der Waals surface area contributed by atoms with E-state index in [0.29, 0.717) is 39.1 Å². The molecule has 2 aliphatic heterocycles. The number of nitrogens with one attached hydrogen (secondary N) is 1. The number of hydrogen-bond acceptors (Lipinski definition) is 6. The first kappa shape index (κ1) is 28.9. The average Bonchev–Trinajstić information content (AvgIpc) is 3.19. The Balaban J connectivity index is 0.000000505. The summed E-state index contributed by atoms with van der Waals surface area (Å²) in [5, 5.41) is 9.89. The lowest BCUT2D eigenvalue weighted by Crippen LogP contribution is -2.40. The number of methoxy groups -OCH3 is 1. The molecule has 9 nitrogen and oxygen atoms in total. The molecule has 1 spiro atoms. The molecule has 0 saturated carbocycles. The van der Waals surface area contributed by atoms with E-state index in [1.165, 1.54) is 12.5 Å². The lowest BCUT2D eigenvalue weighted by Gasteiger charge is -2.34. The van der Waals surface area contributed by atoms with Crippen molar-refractivity contribution in [3.63, 3.8) is 0 Å². The van der Waals surface area contributed by atoms with Crippen LogP contribution >= 0.6 is 0 Å². The van der Waals surface area contributed by atoms with Gasteiger partial charge in [-0.2, -0.15) is 13.2 Å². The highest BCUT2D eigenvalue weighted by atomic mass is 19.4. The normalized spacial score (nSPS) is 15.8. The molecule has 2 aromatic rings. The second kappa shape index (κ2) is 12.2. The van der Waals surface area contributed by atoms with Crippen molar-refractivity contribution in [2.45, 2.75) is 44.2 Å². The van der Waals surface area contributed by atoms with E-state index >= 15 is 0 Å². The molecule has 206 valence electrons. The van der Waals surface area contributed by atoms with Crippen molar-refractivity contribution in [3.05, 3.63) is 42.2 Å². The van der Waals surface area contributed by atoms with Crippen LogP contribution in [0.1, 0.15) is 38.2 Å². The van der Waals surface area contributed by atoms with Crippen LogP contribution in [0.25, 0.3) is 11.1 Å². The Bertz CT molecular complexity index is 1170. The Kier molecular flexibility index (Phi) is 9.31. The molecule has 3 heterocycles. The van der Waals surface area contributed by atoms with Gasteiger partial charge in [-0.3, -0.25) is 14.6 Å². The molecular weight excluding hydrogens is 507 g/mol. The standard InChI is InChI=1S/C24H29N3O4.C2HF3O2/c1-17(28)26-9-3-4-23(29)27-16-24(7-10-31-11-8-24)21-13-18(5-6-22(21)27)19-12-20(30-2)15-25-14-19;3-2(4,5)1(6)7/h5-6,12-15H,3-4,7-11,16H2,1-2H3,(H,26,28);(H,6,7). The fourth-order valence-corrected chi connectivity index (χ4v) is 4.59. The first-order valence-corrected chi connectivity index (χ1v) is 12.0. The third-order valence-corrected chi connectivity index (χ3v) is 6.54. The third-order valence-electron chi connectivity index (χ3n) is 6.54. The number of carboxylic acid groups (broad SMARTS) is 1. The van der Waals surface area contributed by atoms with Crippen LogP contribution < -0.4 is 15.0 Å². The number of halogens is 3. The minimum Gasteiger partial charge on any atom is -0.495 e. The summed E-state index contributed by atoms with van der Waals surface area (Å²) < 4.78 is 42.7. The van der Waals surface area contributed by atoms with E-state index in [1.807, 2.05) is 23.2 Å². The minimum absolute atomic E-state index is 0.0697. The van der Waals surface area contributed by atoms with Crippen molar-refractivity contribution in [3.8, 4) is 16.9 Å². The third kappa shape index (κ3) is 7.00. The maximum atomic E-state index is 13.1. The largest absolute Gasteiger partial charge is 0.495 e. The number of hydrogen-bond donors (Lipinski definition) is 2. The van der Waals surface area contributed by atoms with Gasteiger partial charge in [0, 0.05) is 62.5 Å². The van der Waals surface area contributed by atoms with Crippen molar-refractivity contribution >= 4 is 23.5 Å². The van der Waals surface area contributed by atoms with E-state index < -0.39 is 12.1 Å². The zero-order valence-corrected chi connectivity index (χ0v) is 21.1. The van der Waals surface area contributed by atoms with E-state index in [2.05, 4.69) is 22.4 Å². The van der Waals surface area contributed by atoms with Crippen LogP contribution in [-0.2, 0) is 24.5 Å². The summed E-state index contributed by atoms with van der Waals surface area (Å²) in [6.07, 6.45) is 1.28. The van der Waals surface area contributed by atoms with Crippen LogP contribution in [0.5, 0.6) is 5.75 Å². The number of carbonyl (C=O) groups is 3. The molecule has 2 N–H and O–H groups in total. The Morgan fingerprint density at radius 2 is 1.84 bits per heavy atom. The fraction of sp³-hybridized carbons (Fsp3) is 0.462. The van der Waals surface area contributed by atoms with E-state index in [9.17, 15) is 22.8 Å². The molecule has 38 heavy (non-hydrogen) atoms. The van der Waals surface area contributed by atoms with Crippen molar-refractivity contribution in [1.82, 2.24) is 10.3 Å². The predicted octanol–water partition coefficient (Wildman–Crippen LogP) is 3.70. The molecular formula is C26H30F3N3O6. The topological polar surface area (TPSA) is 118 Å². The number of aromatic nitrogens is 1. The second-order valence-electron chi connectivity index (χ2n) is 9.11. The van der Waals surface area contributed by atoms with Gasteiger partial charge in [0.05, 0.1) is 13.3 Å². The quantitative estimate of drug-likeness (QED) is 0.540. The lowest BCUT2D eigenvalue weighted by atomic mass is 9.75. The highest BCUT2D eigenvalue weighted by Gasteiger charge is 2.45. The van der Waals surface area contributed by atoms with E-state index in [-0.39, 0.29) is 17.2 Å². The van der Waals surface area contributed by atoms with E-state index in [0.717, 1.165) is 35.4 Å². The predicted molar refractivity (Wildman–Crippen MR) is 132 cm³/mol. The summed E-state index contributed by atoms with van der Waals surface area (Å²) in [5.41, 5.74) is 4.18. The van der Waals surface area contributed by atoms with Gasteiger partial charge >= 0.3 is 12.1 Å². The highest BCUT2D eigenvalue weighted by molar-refractivity contribution is 5.97. The van der Waals surface area contributed by atoms with Crippen LogP contribution in [0.3, 0.4) is 0 Å². The first-order chi connectivity index (χ1) is 18.0. The van der Waals surface area contributed by atoms with Crippen molar-refractivity contribution in [1.29, 1.82) is 0 Å². The van der Waals surface area contributed by atoms with E-state index in [4.69, 9.17) is 19.4 Å². The zero-order chi connectivity index (χ0) is 27.9. The molecule has 0 aliphatic carbocycles. The fourth-order valence-electron chi connectivity index (χ4n) is 4.59. The second-order valence-corrected chi connectivity index (χ2v) is 9.11. The van der Waals surface area contributed by atoms with Gasteiger partial charge in [-0.05, 0) is 48.6 Å². The lowest BCUT2D eigenvalue weighted by molar-refractivity contribution is -0.192. The number of fused-ring (bicyclic) bond motifs is 2. The van der Waals surface area contributed by atoms with Gasteiger partial charge in [-0.1, -0.05) is 6.07 Å². The van der Waals surface area contributed by atoms with Crippen LogP contribution in [0.15, 0.2) is 36.7 Å². The van der Waals surface area contributed by atoms with Crippen LogP contribution in [0, 0.1) is 0 Å². The molecule has 0 unspecified atom stereocenters. The van der Waals surface area contributed by atoms with Gasteiger partial charge < -0.3 is 24.8 Å². The van der Waals surface area contributed by atoms with Crippen LogP contribution in [0.4, 0.5) is 18.9 Å². The summed E-state index contributed by atoms with van der Waals surface area (Å²) in [5.74, 6) is -2.01. The molecule has 1 aromatic heterocycles. The molecule has 1 saturated heterocycles. The SMILES string of the molecule is COc1cncc(-c2ccc3c(c2)C2(CCOCC2)CN3C(=O)CCCNC(C)=O)c1.O=C(O)C(F)(F)F. The number of benzene rings is 1. The smallest absolute Gasteiger partial charge is 0.490 e. The van der Waals surface area contributed by atoms with Crippen LogP contribution in [-0.4, -0.2) is 67.5 Å². The maximum absolute atomic E-state index is 13.1. The number of amides is 2. The zero-order valence-electron chi connectivity index (χ0n) is 21.1. The Morgan fingerprint density at radius 1 is 1.16 bits per heavy atom. The molecule has 1 fully saturated rings. The summed E-state index contributed by atoms with van der Waals surface area (Å²) in [4.78, 5) is 39.3. The van der Waals surface area contributed by atoms with Gasteiger partial charge in [-0.25, -0.2) is 4.79 Å². The summed E-state index contributed by atoms with van der Waals surface area (Å²) in [6, 6.07) is 8.29. The van der Waals surface area contributed by atoms with Gasteiger partial charge in [-0.15, -0.1) is 0 Å². The Hall–Kier alpha value is -3.67. The minimum atomic E-state index is -5.08. The summed E-state index contributed by atoms with van der Waals surface area (Å²) >= 11 is 0. The first-order valence-electron chi connectivity index (χ1n) is 12.0. The monoisotopic (exact) mass is 537 g/mol. The Labute approximate surface area is 217 Å². The number of carboxylic acids is 1. The van der Waals surface area contributed by atoms with Gasteiger partial charge in [0.25, 0.3) is 0 Å². The van der Waals surface area contributed by atoms with Crippen molar-refractivity contribution in [2.75, 3.05) is 38.3 Å². The van der Waals surface area contributed by atoms with Crippen LogP contribution in [0.2, 0.25) is 0 Å². The number of nitrogens with zero attached hydrogens (tertiary/aromatic N) is 2. The number of aliphatic carboxylic acids is 1. The number of alkyl halides is 3. The molecule has 2 amide bonds. The summed E-state index contributed by atoms with van der Waals surface area (Å²) in [7, 11) is 1.63. The number of pyridine rings is 1. The maximum Gasteiger partial charge on any atom is 0.490 e. The van der Waals surface area contributed by atoms with Gasteiger partial charge in [0.15, 0.2) is 0 Å². The van der Waals surface area contributed by atoms with Gasteiger partial charge in [0.2, 0.25) is 11.8 Å². The number of rotatable bonds is 6. The highest BCUT2D eigenvalue weighted by Crippen LogP contribution is 2.48. The molecule has 2 aliphatic rings. The number of carbonyl (C=O) groups excluding carboxylic acids is 2.